The number of carbonyl (C=O) groups is 2. The van der Waals surface area contributed by atoms with Crippen LogP contribution in [0.3, 0.4) is 0 Å². The zero-order valence-electron chi connectivity index (χ0n) is 16.9. The summed E-state index contributed by atoms with van der Waals surface area (Å²) >= 11 is 0. The van der Waals surface area contributed by atoms with Gasteiger partial charge in [-0.05, 0) is 31.7 Å². The molecule has 0 saturated carbocycles. The monoisotopic (exact) mass is 407 g/mol. The van der Waals surface area contributed by atoms with Gasteiger partial charge >= 0.3 is 0 Å². The molecule has 1 aromatic carbocycles. The van der Waals surface area contributed by atoms with Crippen molar-refractivity contribution in [2.45, 2.75) is 38.6 Å². The molecule has 0 bridgehead atoms. The maximum Gasteiger partial charge on any atom is 0.274 e. The summed E-state index contributed by atoms with van der Waals surface area (Å²) in [6.45, 7) is 2.86. The number of H-pyrrole nitrogens is 1. The Balaban J connectivity index is 1.30. The van der Waals surface area contributed by atoms with Crippen LogP contribution in [-0.2, 0) is 11.2 Å². The first-order valence-electron chi connectivity index (χ1n) is 10.2. The lowest BCUT2D eigenvalue weighted by atomic mass is 10.0. The van der Waals surface area contributed by atoms with Crippen molar-refractivity contribution in [3.63, 3.8) is 0 Å². The summed E-state index contributed by atoms with van der Waals surface area (Å²) in [5, 5.41) is 7.35. The van der Waals surface area contributed by atoms with E-state index in [0.29, 0.717) is 43.6 Å². The van der Waals surface area contributed by atoms with Gasteiger partial charge < -0.3 is 15.2 Å². The molecule has 1 aliphatic heterocycles. The summed E-state index contributed by atoms with van der Waals surface area (Å²) in [6.07, 6.45) is 4.27. The minimum atomic E-state index is -0.265. The topological polar surface area (TPSA) is 99.6 Å². The van der Waals surface area contributed by atoms with E-state index >= 15 is 0 Å². The Bertz CT molecular complexity index is 1110. The van der Waals surface area contributed by atoms with E-state index in [1.807, 2.05) is 30.3 Å². The molecule has 156 valence electrons. The third kappa shape index (κ3) is 4.42. The van der Waals surface area contributed by atoms with Crippen molar-refractivity contribution in [2.24, 2.45) is 0 Å². The van der Waals surface area contributed by atoms with Gasteiger partial charge in [-0.2, -0.15) is 5.10 Å². The van der Waals surface area contributed by atoms with E-state index in [1.54, 1.807) is 18.0 Å². The van der Waals surface area contributed by atoms with Crippen molar-refractivity contribution in [2.75, 3.05) is 13.1 Å². The fourth-order valence-electron chi connectivity index (χ4n) is 3.82. The van der Waals surface area contributed by atoms with Gasteiger partial charge in [0.2, 0.25) is 5.91 Å². The molecule has 0 aliphatic carbocycles. The summed E-state index contributed by atoms with van der Waals surface area (Å²) in [5.74, 6) is -0.150. The number of piperidine rings is 1. The number of carbonyl (C=O) groups excluding carboxylic acids is 2. The second kappa shape index (κ2) is 8.52. The first-order chi connectivity index (χ1) is 14.5. The lowest BCUT2D eigenvalue weighted by Gasteiger charge is -2.32. The van der Waals surface area contributed by atoms with Gasteiger partial charge in [-0.3, -0.25) is 14.4 Å². The second-order valence-electron chi connectivity index (χ2n) is 7.75. The first kappa shape index (κ1) is 19.9. The summed E-state index contributed by atoms with van der Waals surface area (Å²) in [7, 11) is 0. The highest BCUT2D eigenvalue weighted by molar-refractivity contribution is 5.93. The maximum absolute atomic E-state index is 12.8. The van der Waals surface area contributed by atoms with Gasteiger partial charge in [0.15, 0.2) is 5.69 Å². The fourth-order valence-corrected chi connectivity index (χ4v) is 3.82. The normalized spacial score (nSPS) is 14.8. The summed E-state index contributed by atoms with van der Waals surface area (Å²) < 4.78 is 1.45. The number of hydrogen-bond acceptors (Lipinski definition) is 4. The molecular formula is C22H25N5O3. The molecule has 8 heteroatoms. The molecule has 4 rings (SSSR count). The molecule has 2 N–H and O–H groups in total. The number of rotatable bonds is 5. The fraction of sp³-hybridized carbons (Fsp3) is 0.364. The van der Waals surface area contributed by atoms with E-state index < -0.39 is 0 Å². The van der Waals surface area contributed by atoms with Crippen molar-refractivity contribution in [3.05, 3.63) is 69.9 Å². The van der Waals surface area contributed by atoms with Gasteiger partial charge in [0, 0.05) is 43.5 Å². The van der Waals surface area contributed by atoms with Gasteiger partial charge in [-0.15, -0.1) is 0 Å². The van der Waals surface area contributed by atoms with Crippen molar-refractivity contribution in [3.8, 4) is 0 Å². The molecule has 0 atom stereocenters. The van der Waals surface area contributed by atoms with Crippen LogP contribution in [0.25, 0.3) is 5.52 Å². The Hall–Kier alpha value is -3.42. The van der Waals surface area contributed by atoms with Crippen molar-refractivity contribution >= 4 is 17.3 Å². The van der Waals surface area contributed by atoms with Gasteiger partial charge in [0.25, 0.3) is 11.5 Å². The Morgan fingerprint density at radius 1 is 1.20 bits per heavy atom. The molecule has 1 fully saturated rings. The van der Waals surface area contributed by atoms with Crippen molar-refractivity contribution < 1.29 is 9.59 Å². The number of aromatic amines is 1. The Labute approximate surface area is 173 Å². The third-order valence-corrected chi connectivity index (χ3v) is 5.44. The molecule has 3 aromatic rings. The average Bonchev–Trinajstić information content (AvgIpc) is 3.17. The third-order valence-electron chi connectivity index (χ3n) is 5.44. The van der Waals surface area contributed by atoms with E-state index in [-0.39, 0.29) is 29.1 Å². The summed E-state index contributed by atoms with van der Waals surface area (Å²) in [4.78, 5) is 41.5. The summed E-state index contributed by atoms with van der Waals surface area (Å²) in [6, 6.07) is 11.5. The number of fused-ring (bicyclic) bond motifs is 1. The molecule has 0 unspecified atom stereocenters. The lowest BCUT2D eigenvalue weighted by molar-refractivity contribution is -0.122. The van der Waals surface area contributed by atoms with Crippen LogP contribution in [-0.4, -0.2) is 50.4 Å². The van der Waals surface area contributed by atoms with E-state index in [0.717, 1.165) is 12.0 Å². The number of nitrogens with zero attached hydrogens (tertiary/aromatic N) is 3. The summed E-state index contributed by atoms with van der Waals surface area (Å²) in [5.41, 5.74) is 2.17. The zero-order chi connectivity index (χ0) is 21.1. The molecule has 2 aromatic heterocycles. The number of hydrogen-bond donors (Lipinski definition) is 2. The van der Waals surface area contributed by atoms with E-state index in [2.05, 4.69) is 15.4 Å². The molecule has 8 nitrogen and oxygen atoms in total. The first-order valence-corrected chi connectivity index (χ1v) is 10.2. The molecule has 1 aliphatic rings. The van der Waals surface area contributed by atoms with Crippen LogP contribution < -0.4 is 10.9 Å². The van der Waals surface area contributed by atoms with Crippen molar-refractivity contribution in [1.29, 1.82) is 0 Å². The molecule has 3 heterocycles. The van der Waals surface area contributed by atoms with Crippen LogP contribution in [0.15, 0.2) is 47.4 Å². The Morgan fingerprint density at radius 3 is 2.67 bits per heavy atom. The quantitative estimate of drug-likeness (QED) is 0.672. The number of aryl methyl sites for hydroxylation is 2. The van der Waals surface area contributed by atoms with E-state index in [1.165, 1.54) is 10.6 Å². The number of nitrogens with one attached hydrogen (secondary N) is 2. The van der Waals surface area contributed by atoms with Gasteiger partial charge in [0.1, 0.15) is 5.52 Å². The number of amides is 2. The molecule has 1 saturated heterocycles. The van der Waals surface area contributed by atoms with Crippen LogP contribution in [0.2, 0.25) is 0 Å². The highest BCUT2D eigenvalue weighted by Crippen LogP contribution is 2.15. The van der Waals surface area contributed by atoms with Gasteiger partial charge in [-0.25, -0.2) is 4.52 Å². The lowest BCUT2D eigenvalue weighted by Crippen LogP contribution is -2.46. The number of likely N-dealkylation sites (tertiary alicyclic amines) is 1. The second-order valence-corrected chi connectivity index (χ2v) is 7.75. The predicted molar refractivity (Wildman–Crippen MR) is 112 cm³/mol. The molecule has 0 spiro atoms. The highest BCUT2D eigenvalue weighted by atomic mass is 16.2. The smallest absolute Gasteiger partial charge is 0.274 e. The van der Waals surface area contributed by atoms with Crippen LogP contribution in [0.5, 0.6) is 0 Å². The molecule has 30 heavy (non-hydrogen) atoms. The molecule has 0 radical (unpaired) electrons. The molecule has 2 amide bonds. The predicted octanol–water partition coefficient (Wildman–Crippen LogP) is 1.68. The SMILES string of the molecule is Cc1cn2nc(C(=O)N3CCC(NC(=O)CCc4ccccc4)CC3)cc2c(=O)[nH]1. The van der Waals surface area contributed by atoms with Crippen LogP contribution in [0, 0.1) is 6.92 Å². The van der Waals surface area contributed by atoms with Gasteiger partial charge in [-0.1, -0.05) is 30.3 Å². The Kier molecular flexibility index (Phi) is 5.65. The van der Waals surface area contributed by atoms with Crippen LogP contribution in [0.1, 0.15) is 41.0 Å². The number of aromatic nitrogens is 3. The average molecular weight is 407 g/mol. The van der Waals surface area contributed by atoms with Crippen LogP contribution >= 0.6 is 0 Å². The van der Waals surface area contributed by atoms with Crippen molar-refractivity contribution in [1.82, 2.24) is 24.8 Å². The minimum absolute atomic E-state index is 0.0403. The minimum Gasteiger partial charge on any atom is -0.353 e. The number of benzene rings is 1. The van der Waals surface area contributed by atoms with E-state index in [4.69, 9.17) is 0 Å². The van der Waals surface area contributed by atoms with Gasteiger partial charge in [0.05, 0.1) is 0 Å². The maximum atomic E-state index is 12.8. The largest absolute Gasteiger partial charge is 0.353 e. The Morgan fingerprint density at radius 2 is 1.93 bits per heavy atom. The zero-order valence-corrected chi connectivity index (χ0v) is 16.9. The highest BCUT2D eigenvalue weighted by Gasteiger charge is 2.26. The standard InChI is InChI=1S/C22H25N5O3/c1-15-14-27-19(21(29)23-15)13-18(25-27)22(30)26-11-9-17(10-12-26)24-20(28)8-7-16-5-3-2-4-6-16/h2-6,13-14,17H,7-12H2,1H3,(H,23,29)(H,24,28). The molecular weight excluding hydrogens is 382 g/mol. The van der Waals surface area contributed by atoms with E-state index in [9.17, 15) is 14.4 Å². The van der Waals surface area contributed by atoms with Crippen LogP contribution in [0.4, 0.5) is 0 Å².